The highest BCUT2D eigenvalue weighted by Crippen LogP contribution is 2.20. The Hall–Kier alpha value is -1.90. The van der Waals surface area contributed by atoms with Gasteiger partial charge in [0.05, 0.1) is 26.3 Å². The number of aromatic hydroxyl groups is 1. The molecule has 1 aromatic carbocycles. The highest BCUT2D eigenvalue weighted by molar-refractivity contribution is 6.76. The maximum absolute atomic E-state index is 9.50. The number of ether oxygens (including phenoxy) is 2. The number of nitrogens with one attached hydrogen (secondary N) is 1. The van der Waals surface area contributed by atoms with Gasteiger partial charge in [0.25, 0.3) is 0 Å². The van der Waals surface area contributed by atoms with Crippen LogP contribution in [0.3, 0.4) is 0 Å². The van der Waals surface area contributed by atoms with E-state index in [0.717, 1.165) is 43.1 Å². The first-order chi connectivity index (χ1) is 12.4. The van der Waals surface area contributed by atoms with Crippen LogP contribution in [0.4, 0.5) is 5.95 Å². The van der Waals surface area contributed by atoms with Gasteiger partial charge in [-0.1, -0.05) is 19.6 Å². The van der Waals surface area contributed by atoms with Crippen LogP contribution in [0.2, 0.25) is 25.7 Å². The monoisotopic (exact) mass is 377 g/mol. The Labute approximate surface area is 155 Å². The van der Waals surface area contributed by atoms with Crippen molar-refractivity contribution >= 4 is 14.0 Å². The quantitative estimate of drug-likeness (QED) is 0.440. The van der Waals surface area contributed by atoms with E-state index < -0.39 is 8.07 Å². The van der Waals surface area contributed by atoms with E-state index in [0.29, 0.717) is 19.9 Å². The summed E-state index contributed by atoms with van der Waals surface area (Å²) in [5, 5.41) is 12.8. The van der Waals surface area contributed by atoms with E-state index >= 15 is 0 Å². The summed E-state index contributed by atoms with van der Waals surface area (Å²) in [6.07, 6.45) is 0. The van der Waals surface area contributed by atoms with Gasteiger partial charge in [-0.05, 0) is 35.3 Å². The lowest BCUT2D eigenvalue weighted by molar-refractivity contribution is -0.771. The van der Waals surface area contributed by atoms with Crippen LogP contribution >= 0.6 is 0 Å². The molecule has 0 saturated carbocycles. The minimum absolute atomic E-state index is 0.247. The first kappa shape index (κ1) is 18.9. The summed E-state index contributed by atoms with van der Waals surface area (Å²) in [4.78, 5) is 7.00. The SMILES string of the molecule is C[Si](C)(C)CCOC[n+]1[nH]c(-c2ccc(O)cc2)nc1N1CCOCC1. The molecule has 0 unspecified atom stereocenters. The number of aromatic amines is 1. The topological polar surface area (TPSA) is 74.5 Å². The van der Waals surface area contributed by atoms with Crippen molar-refractivity contribution in [2.75, 3.05) is 37.8 Å². The fourth-order valence-electron chi connectivity index (χ4n) is 2.74. The van der Waals surface area contributed by atoms with Crippen molar-refractivity contribution < 1.29 is 19.3 Å². The maximum atomic E-state index is 9.50. The predicted molar refractivity (Wildman–Crippen MR) is 103 cm³/mol. The number of rotatable bonds is 7. The fourth-order valence-corrected chi connectivity index (χ4v) is 3.50. The van der Waals surface area contributed by atoms with Crippen LogP contribution in [-0.4, -0.2) is 56.2 Å². The highest BCUT2D eigenvalue weighted by atomic mass is 28.3. The summed E-state index contributed by atoms with van der Waals surface area (Å²) in [5.41, 5.74) is 0.929. The molecule has 0 bridgehead atoms. The molecule has 1 aliphatic rings. The van der Waals surface area contributed by atoms with Crippen LogP contribution in [-0.2, 0) is 16.2 Å². The largest absolute Gasteiger partial charge is 0.508 e. The lowest BCUT2D eigenvalue weighted by Crippen LogP contribution is -2.48. The zero-order chi connectivity index (χ0) is 18.6. The first-order valence-electron chi connectivity index (χ1n) is 9.12. The molecule has 2 aromatic rings. The Morgan fingerprint density at radius 3 is 2.58 bits per heavy atom. The summed E-state index contributed by atoms with van der Waals surface area (Å²) in [6, 6.07) is 8.18. The second kappa shape index (κ2) is 8.19. The number of phenols is 1. The number of H-pyrrole nitrogens is 1. The Morgan fingerprint density at radius 2 is 1.92 bits per heavy atom. The predicted octanol–water partition coefficient (Wildman–Crippen LogP) is 2.22. The van der Waals surface area contributed by atoms with Gasteiger partial charge in [0.2, 0.25) is 5.82 Å². The maximum Gasteiger partial charge on any atom is 0.416 e. The summed E-state index contributed by atoms with van der Waals surface area (Å²) >= 11 is 0. The van der Waals surface area contributed by atoms with Crippen LogP contribution < -0.4 is 9.58 Å². The van der Waals surface area contributed by atoms with Gasteiger partial charge in [0, 0.05) is 20.2 Å². The minimum Gasteiger partial charge on any atom is -0.508 e. The van der Waals surface area contributed by atoms with Crippen molar-refractivity contribution in [1.29, 1.82) is 0 Å². The number of benzene rings is 1. The normalized spacial score (nSPS) is 15.4. The first-order valence-corrected chi connectivity index (χ1v) is 12.8. The molecule has 3 rings (SSSR count). The number of hydrogen-bond acceptors (Lipinski definition) is 5. The van der Waals surface area contributed by atoms with Gasteiger partial charge in [0.1, 0.15) is 5.75 Å². The number of hydrogen-bond donors (Lipinski definition) is 2. The van der Waals surface area contributed by atoms with Crippen LogP contribution in [0, 0.1) is 0 Å². The van der Waals surface area contributed by atoms with Gasteiger partial charge in [-0.15, -0.1) is 4.68 Å². The molecule has 2 heterocycles. The number of aromatic nitrogens is 3. The third-order valence-corrected chi connectivity index (χ3v) is 6.05. The van der Waals surface area contributed by atoms with Gasteiger partial charge in [0.15, 0.2) is 6.73 Å². The van der Waals surface area contributed by atoms with Crippen molar-refractivity contribution in [3.63, 3.8) is 0 Å². The van der Waals surface area contributed by atoms with Gasteiger partial charge in [-0.3, -0.25) is 4.90 Å². The number of anilines is 1. The minimum atomic E-state index is -1.10. The molecule has 1 fully saturated rings. The third kappa shape index (κ3) is 5.06. The van der Waals surface area contributed by atoms with Crippen molar-refractivity contribution in [1.82, 2.24) is 10.1 Å². The molecule has 7 nitrogen and oxygen atoms in total. The van der Waals surface area contributed by atoms with Gasteiger partial charge in [-0.2, -0.15) is 0 Å². The van der Waals surface area contributed by atoms with E-state index in [9.17, 15) is 5.11 Å². The smallest absolute Gasteiger partial charge is 0.416 e. The zero-order valence-corrected chi connectivity index (χ0v) is 16.9. The molecule has 0 aliphatic carbocycles. The number of phenolic OH excluding ortho intramolecular Hbond substituents is 1. The van der Waals surface area contributed by atoms with Gasteiger partial charge in [-0.25, -0.2) is 5.10 Å². The third-order valence-electron chi connectivity index (χ3n) is 4.35. The van der Waals surface area contributed by atoms with Crippen molar-refractivity contribution in [3.05, 3.63) is 24.3 Å². The van der Waals surface area contributed by atoms with Crippen molar-refractivity contribution in [3.8, 4) is 17.1 Å². The highest BCUT2D eigenvalue weighted by Gasteiger charge is 2.28. The summed E-state index contributed by atoms with van der Waals surface area (Å²) in [5.74, 6) is 1.88. The van der Waals surface area contributed by atoms with Crippen LogP contribution in [0.15, 0.2) is 24.3 Å². The molecule has 0 spiro atoms. The Bertz CT molecular complexity index is 706. The lowest BCUT2D eigenvalue weighted by Gasteiger charge is -2.21. The van der Waals surface area contributed by atoms with Crippen molar-refractivity contribution in [2.45, 2.75) is 32.4 Å². The van der Waals surface area contributed by atoms with Crippen LogP contribution in [0.25, 0.3) is 11.4 Å². The van der Waals surface area contributed by atoms with Gasteiger partial charge >= 0.3 is 5.95 Å². The summed E-state index contributed by atoms with van der Waals surface area (Å²) < 4.78 is 13.3. The molecular formula is C18H29N4O3Si+. The van der Waals surface area contributed by atoms with E-state index in [4.69, 9.17) is 14.5 Å². The van der Waals surface area contributed by atoms with Crippen LogP contribution in [0.5, 0.6) is 5.75 Å². The number of morpholine rings is 1. The molecule has 0 radical (unpaired) electrons. The molecule has 1 saturated heterocycles. The molecule has 26 heavy (non-hydrogen) atoms. The second-order valence-corrected chi connectivity index (χ2v) is 13.4. The van der Waals surface area contributed by atoms with Gasteiger partial charge < -0.3 is 14.6 Å². The number of nitrogens with zero attached hydrogens (tertiary/aromatic N) is 3. The van der Waals surface area contributed by atoms with E-state index in [1.807, 2.05) is 16.8 Å². The fraction of sp³-hybridized carbons (Fsp3) is 0.556. The van der Waals surface area contributed by atoms with E-state index in [-0.39, 0.29) is 5.75 Å². The standard InChI is InChI=1S/C18H28N4O3Si/c1-26(2,3)13-12-25-14-22-18(21-8-10-24-11-9-21)19-17(20-22)15-4-6-16(23)7-5-15/h4-7H,8-14H2,1-3H3,(H,20,23)/p+1. The molecule has 142 valence electrons. The second-order valence-electron chi connectivity index (χ2n) is 7.79. The molecule has 0 atom stereocenters. The Morgan fingerprint density at radius 1 is 1.23 bits per heavy atom. The molecular weight excluding hydrogens is 348 g/mol. The van der Waals surface area contributed by atoms with Crippen LogP contribution in [0.1, 0.15) is 0 Å². The average molecular weight is 378 g/mol. The summed E-state index contributed by atoms with van der Waals surface area (Å²) in [7, 11) is -1.10. The Kier molecular flexibility index (Phi) is 5.95. The Balaban J connectivity index is 1.77. The molecule has 0 amide bonds. The molecule has 1 aromatic heterocycles. The van der Waals surface area contributed by atoms with E-state index in [2.05, 4.69) is 29.6 Å². The molecule has 8 heteroatoms. The lowest BCUT2D eigenvalue weighted by atomic mass is 10.2. The van der Waals surface area contributed by atoms with E-state index in [1.165, 1.54) is 0 Å². The average Bonchev–Trinajstić information content (AvgIpc) is 3.03. The summed E-state index contributed by atoms with van der Waals surface area (Å²) in [6.45, 7) is 11.3. The molecule has 1 aliphatic heterocycles. The van der Waals surface area contributed by atoms with E-state index in [1.54, 1.807) is 12.1 Å². The zero-order valence-electron chi connectivity index (χ0n) is 15.9. The van der Waals surface area contributed by atoms with Crippen molar-refractivity contribution in [2.24, 2.45) is 0 Å². The molecule has 2 N–H and O–H groups in total.